The van der Waals surface area contributed by atoms with Gasteiger partial charge < -0.3 is 4.90 Å². The Bertz CT molecular complexity index is 687. The van der Waals surface area contributed by atoms with Crippen molar-refractivity contribution < 1.29 is 9.18 Å². The van der Waals surface area contributed by atoms with Crippen molar-refractivity contribution in [2.24, 2.45) is 0 Å². The first kappa shape index (κ1) is 16.7. The minimum absolute atomic E-state index is 0.122. The highest BCUT2D eigenvalue weighted by molar-refractivity contribution is 5.79. The molecule has 1 aliphatic rings. The van der Waals surface area contributed by atoms with Crippen molar-refractivity contribution in [2.45, 2.75) is 51.6 Å². The number of hydrogen-bond donors (Lipinski definition) is 0. The van der Waals surface area contributed by atoms with Gasteiger partial charge in [-0.3, -0.25) is 4.79 Å². The maximum absolute atomic E-state index is 13.0. The van der Waals surface area contributed by atoms with Gasteiger partial charge in [-0.15, -0.1) is 0 Å². The van der Waals surface area contributed by atoms with E-state index in [1.54, 1.807) is 12.1 Å². The standard InChI is InChI=1S/C21H24FNO/c1-15(2)18-7-3-17(4-8-18)14-23(20-11-12-20)21(24)13-16-5-9-19(22)10-6-16/h3-10,15,20H,11-14H2,1-2H3. The first-order valence-electron chi connectivity index (χ1n) is 8.65. The summed E-state index contributed by atoms with van der Waals surface area (Å²) in [5.74, 6) is 0.367. The van der Waals surface area contributed by atoms with Gasteiger partial charge in [-0.1, -0.05) is 50.2 Å². The van der Waals surface area contributed by atoms with Crippen LogP contribution < -0.4 is 0 Å². The van der Waals surface area contributed by atoms with Crippen LogP contribution >= 0.6 is 0 Å². The highest BCUT2D eigenvalue weighted by Crippen LogP contribution is 2.29. The van der Waals surface area contributed by atoms with Crippen LogP contribution in [0.2, 0.25) is 0 Å². The predicted octanol–water partition coefficient (Wildman–Crippen LogP) is 4.68. The molecule has 2 nitrogen and oxygen atoms in total. The summed E-state index contributed by atoms with van der Waals surface area (Å²) in [7, 11) is 0. The summed E-state index contributed by atoms with van der Waals surface area (Å²) in [6.45, 7) is 5.01. The van der Waals surface area contributed by atoms with Gasteiger partial charge in [0.2, 0.25) is 5.91 Å². The van der Waals surface area contributed by atoms with Crippen LogP contribution in [0.1, 0.15) is 49.3 Å². The molecule has 0 heterocycles. The van der Waals surface area contributed by atoms with E-state index in [-0.39, 0.29) is 11.7 Å². The van der Waals surface area contributed by atoms with Crippen molar-refractivity contribution in [1.29, 1.82) is 0 Å². The van der Waals surface area contributed by atoms with E-state index < -0.39 is 0 Å². The third-order valence-electron chi connectivity index (χ3n) is 4.58. The molecule has 2 aromatic rings. The van der Waals surface area contributed by atoms with E-state index in [1.165, 1.54) is 23.3 Å². The summed E-state index contributed by atoms with van der Waals surface area (Å²) in [5.41, 5.74) is 3.34. The van der Waals surface area contributed by atoms with Crippen LogP contribution in [-0.4, -0.2) is 16.8 Å². The van der Waals surface area contributed by atoms with Gasteiger partial charge in [-0.2, -0.15) is 0 Å². The summed E-state index contributed by atoms with van der Waals surface area (Å²) >= 11 is 0. The van der Waals surface area contributed by atoms with Crippen molar-refractivity contribution in [2.75, 3.05) is 0 Å². The predicted molar refractivity (Wildman–Crippen MR) is 94.2 cm³/mol. The molecular weight excluding hydrogens is 301 g/mol. The van der Waals surface area contributed by atoms with E-state index in [0.717, 1.165) is 18.4 Å². The molecule has 0 spiro atoms. The van der Waals surface area contributed by atoms with Gasteiger partial charge in [0, 0.05) is 12.6 Å². The Morgan fingerprint density at radius 3 is 2.17 bits per heavy atom. The monoisotopic (exact) mass is 325 g/mol. The lowest BCUT2D eigenvalue weighted by atomic mass is 10.0. The quantitative estimate of drug-likeness (QED) is 0.755. The first-order valence-corrected chi connectivity index (χ1v) is 8.65. The van der Waals surface area contributed by atoms with Crippen LogP contribution in [0, 0.1) is 5.82 Å². The molecule has 0 saturated heterocycles. The number of amides is 1. The van der Waals surface area contributed by atoms with E-state index in [9.17, 15) is 9.18 Å². The first-order chi connectivity index (χ1) is 11.5. The van der Waals surface area contributed by atoms with Crippen LogP contribution in [-0.2, 0) is 17.8 Å². The van der Waals surface area contributed by atoms with Gasteiger partial charge in [-0.05, 0) is 47.6 Å². The van der Waals surface area contributed by atoms with Crippen molar-refractivity contribution in [1.82, 2.24) is 4.90 Å². The molecule has 3 rings (SSSR count). The fourth-order valence-corrected chi connectivity index (χ4v) is 2.89. The Labute approximate surface area is 143 Å². The van der Waals surface area contributed by atoms with Gasteiger partial charge in [0.15, 0.2) is 0 Å². The van der Waals surface area contributed by atoms with Gasteiger partial charge in [0.05, 0.1) is 6.42 Å². The van der Waals surface area contributed by atoms with E-state index in [1.807, 2.05) is 4.90 Å². The highest BCUT2D eigenvalue weighted by atomic mass is 19.1. The average Bonchev–Trinajstić information content (AvgIpc) is 3.40. The van der Waals surface area contributed by atoms with Crippen LogP contribution in [0.25, 0.3) is 0 Å². The van der Waals surface area contributed by atoms with Crippen LogP contribution in [0.5, 0.6) is 0 Å². The van der Waals surface area contributed by atoms with Crippen LogP contribution in [0.3, 0.4) is 0 Å². The van der Waals surface area contributed by atoms with Gasteiger partial charge in [0.25, 0.3) is 0 Å². The fourth-order valence-electron chi connectivity index (χ4n) is 2.89. The number of nitrogens with zero attached hydrogens (tertiary/aromatic N) is 1. The average molecular weight is 325 g/mol. The molecule has 0 radical (unpaired) electrons. The smallest absolute Gasteiger partial charge is 0.227 e. The molecular formula is C21H24FNO. The van der Waals surface area contributed by atoms with Crippen LogP contribution in [0.4, 0.5) is 4.39 Å². The molecule has 0 unspecified atom stereocenters. The second-order valence-electron chi connectivity index (χ2n) is 6.95. The second-order valence-corrected chi connectivity index (χ2v) is 6.95. The van der Waals surface area contributed by atoms with E-state index in [2.05, 4.69) is 38.1 Å². The van der Waals surface area contributed by atoms with Crippen molar-refractivity contribution in [3.8, 4) is 0 Å². The topological polar surface area (TPSA) is 20.3 Å². The molecule has 1 saturated carbocycles. The lowest BCUT2D eigenvalue weighted by Crippen LogP contribution is -2.33. The van der Waals surface area contributed by atoms with Crippen molar-refractivity contribution >= 4 is 5.91 Å². The van der Waals surface area contributed by atoms with E-state index >= 15 is 0 Å². The summed E-state index contributed by atoms with van der Waals surface area (Å²) < 4.78 is 13.0. The van der Waals surface area contributed by atoms with Crippen molar-refractivity contribution in [3.05, 3.63) is 71.0 Å². The minimum Gasteiger partial charge on any atom is -0.335 e. The Morgan fingerprint density at radius 2 is 1.62 bits per heavy atom. The SMILES string of the molecule is CC(C)c1ccc(CN(C(=O)Cc2ccc(F)cc2)C2CC2)cc1. The van der Waals surface area contributed by atoms with Gasteiger partial charge in [-0.25, -0.2) is 4.39 Å². The molecule has 1 amide bonds. The molecule has 0 N–H and O–H groups in total. The summed E-state index contributed by atoms with van der Waals surface area (Å²) in [6, 6.07) is 15.1. The summed E-state index contributed by atoms with van der Waals surface area (Å²) in [6.07, 6.45) is 2.50. The number of halogens is 1. The number of benzene rings is 2. The maximum atomic E-state index is 13.0. The van der Waals surface area contributed by atoms with E-state index in [0.29, 0.717) is 24.9 Å². The molecule has 2 aromatic carbocycles. The third kappa shape index (κ3) is 4.22. The lowest BCUT2D eigenvalue weighted by molar-refractivity contribution is -0.131. The largest absolute Gasteiger partial charge is 0.335 e. The fraction of sp³-hybridized carbons (Fsp3) is 0.381. The molecule has 3 heteroatoms. The Kier molecular flexibility index (Phi) is 4.98. The molecule has 0 aliphatic heterocycles. The lowest BCUT2D eigenvalue weighted by Gasteiger charge is -2.23. The van der Waals surface area contributed by atoms with Crippen molar-refractivity contribution in [3.63, 3.8) is 0 Å². The number of carbonyl (C=O) groups excluding carboxylic acids is 1. The molecule has 1 fully saturated rings. The highest BCUT2D eigenvalue weighted by Gasteiger charge is 2.32. The normalized spacial score (nSPS) is 14.0. The zero-order valence-corrected chi connectivity index (χ0v) is 14.3. The van der Waals surface area contributed by atoms with E-state index in [4.69, 9.17) is 0 Å². The number of rotatable bonds is 6. The Morgan fingerprint density at radius 1 is 1.04 bits per heavy atom. The Balaban J connectivity index is 1.68. The summed E-state index contributed by atoms with van der Waals surface area (Å²) in [5, 5.41) is 0. The molecule has 0 aromatic heterocycles. The second kappa shape index (κ2) is 7.16. The Hall–Kier alpha value is -2.16. The number of carbonyl (C=O) groups is 1. The molecule has 1 aliphatic carbocycles. The summed E-state index contributed by atoms with van der Waals surface area (Å²) in [4.78, 5) is 14.7. The zero-order valence-electron chi connectivity index (χ0n) is 14.3. The number of hydrogen-bond acceptors (Lipinski definition) is 1. The third-order valence-corrected chi connectivity index (χ3v) is 4.58. The van der Waals surface area contributed by atoms with Gasteiger partial charge in [0.1, 0.15) is 5.82 Å². The van der Waals surface area contributed by atoms with Crippen LogP contribution in [0.15, 0.2) is 48.5 Å². The molecule has 0 bridgehead atoms. The maximum Gasteiger partial charge on any atom is 0.227 e. The molecule has 0 atom stereocenters. The molecule has 24 heavy (non-hydrogen) atoms. The van der Waals surface area contributed by atoms with Gasteiger partial charge >= 0.3 is 0 Å². The minimum atomic E-state index is -0.268. The molecule has 126 valence electrons. The zero-order chi connectivity index (χ0) is 17.1.